The molecule has 0 radical (unpaired) electrons. The van der Waals surface area contributed by atoms with Crippen LogP contribution < -0.4 is 5.32 Å². The van der Waals surface area contributed by atoms with Crippen LogP contribution in [-0.2, 0) is 10.2 Å². The summed E-state index contributed by atoms with van der Waals surface area (Å²) in [4.78, 5) is 13.7. The number of hydrogen-bond donors (Lipinski definition) is 3. The van der Waals surface area contributed by atoms with Crippen molar-refractivity contribution in [3.8, 4) is 0 Å². The molecule has 0 bridgehead atoms. The zero-order valence-electron chi connectivity index (χ0n) is 10.8. The number of aromatic nitrogens is 1. The molecular formula is C13H22N2O2. The minimum atomic E-state index is -0.733. The Bertz CT molecular complexity index is 344. The zero-order chi connectivity index (χ0) is 12.9. The first-order valence-electron chi connectivity index (χ1n) is 5.98. The molecule has 96 valence electrons. The van der Waals surface area contributed by atoms with Gasteiger partial charge in [0.2, 0.25) is 0 Å². The monoisotopic (exact) mass is 238 g/mol. The molecule has 3 N–H and O–H groups in total. The van der Waals surface area contributed by atoms with Crippen molar-refractivity contribution in [2.24, 2.45) is 5.92 Å². The Labute approximate surface area is 102 Å². The summed E-state index contributed by atoms with van der Waals surface area (Å²) in [6.45, 7) is 7.83. The van der Waals surface area contributed by atoms with E-state index < -0.39 is 5.97 Å². The molecule has 4 heteroatoms. The van der Waals surface area contributed by atoms with Crippen molar-refractivity contribution in [3.05, 3.63) is 24.0 Å². The van der Waals surface area contributed by atoms with E-state index in [9.17, 15) is 4.79 Å². The van der Waals surface area contributed by atoms with E-state index in [-0.39, 0.29) is 17.8 Å². The van der Waals surface area contributed by atoms with Gasteiger partial charge in [-0.3, -0.25) is 4.79 Å². The van der Waals surface area contributed by atoms with Gasteiger partial charge in [-0.1, -0.05) is 20.8 Å². The predicted octanol–water partition coefficient (Wildman–Crippen LogP) is 1.99. The molecule has 4 nitrogen and oxygen atoms in total. The molecule has 0 aromatic carbocycles. The number of H-pyrrole nitrogens is 1. The van der Waals surface area contributed by atoms with Crippen LogP contribution in [0.2, 0.25) is 0 Å². The van der Waals surface area contributed by atoms with Crippen LogP contribution in [0.1, 0.15) is 32.9 Å². The Morgan fingerprint density at radius 2 is 2.29 bits per heavy atom. The smallest absolute Gasteiger partial charge is 0.303 e. The topological polar surface area (TPSA) is 65.1 Å². The first-order chi connectivity index (χ1) is 7.92. The van der Waals surface area contributed by atoms with Gasteiger partial charge in [-0.25, -0.2) is 0 Å². The van der Waals surface area contributed by atoms with Gasteiger partial charge in [0.05, 0.1) is 0 Å². The lowest BCUT2D eigenvalue weighted by Crippen LogP contribution is -2.35. The van der Waals surface area contributed by atoms with Gasteiger partial charge in [-0.05, 0) is 24.6 Å². The molecule has 0 saturated heterocycles. The van der Waals surface area contributed by atoms with E-state index in [2.05, 4.69) is 30.2 Å². The van der Waals surface area contributed by atoms with Crippen LogP contribution in [0.15, 0.2) is 18.3 Å². The normalized spacial score (nSPS) is 13.6. The number of aromatic amines is 1. The Morgan fingerprint density at radius 3 is 2.82 bits per heavy atom. The molecule has 17 heavy (non-hydrogen) atoms. The van der Waals surface area contributed by atoms with Crippen molar-refractivity contribution in [2.45, 2.75) is 32.6 Å². The van der Waals surface area contributed by atoms with Crippen LogP contribution >= 0.6 is 0 Å². The van der Waals surface area contributed by atoms with Crippen LogP contribution in [0.4, 0.5) is 0 Å². The lowest BCUT2D eigenvalue weighted by Gasteiger charge is -2.25. The third-order valence-corrected chi connectivity index (χ3v) is 2.91. The number of carboxylic acid groups (broad SMARTS) is 1. The van der Waals surface area contributed by atoms with Gasteiger partial charge in [0.25, 0.3) is 0 Å². The summed E-state index contributed by atoms with van der Waals surface area (Å²) in [5, 5.41) is 12.0. The maximum Gasteiger partial charge on any atom is 0.303 e. The van der Waals surface area contributed by atoms with Gasteiger partial charge < -0.3 is 15.4 Å². The molecule has 0 spiro atoms. The lowest BCUT2D eigenvalue weighted by atomic mass is 9.89. The molecule has 1 rings (SSSR count). The summed E-state index contributed by atoms with van der Waals surface area (Å²) in [7, 11) is 0. The summed E-state index contributed by atoms with van der Waals surface area (Å²) < 4.78 is 0. The molecule has 0 fully saturated rings. The van der Waals surface area contributed by atoms with Crippen molar-refractivity contribution in [2.75, 3.05) is 13.1 Å². The van der Waals surface area contributed by atoms with Crippen LogP contribution in [0.3, 0.4) is 0 Å². The number of hydrogen-bond acceptors (Lipinski definition) is 2. The second-order valence-electron chi connectivity index (χ2n) is 5.30. The molecule has 1 aromatic rings. The molecule has 1 unspecified atom stereocenters. The van der Waals surface area contributed by atoms with Gasteiger partial charge in [-0.15, -0.1) is 0 Å². The van der Waals surface area contributed by atoms with Gasteiger partial charge in [0.1, 0.15) is 0 Å². The first-order valence-corrected chi connectivity index (χ1v) is 5.98. The van der Waals surface area contributed by atoms with E-state index in [0.29, 0.717) is 0 Å². The van der Waals surface area contributed by atoms with Gasteiger partial charge >= 0.3 is 5.97 Å². The average molecular weight is 238 g/mol. The van der Waals surface area contributed by atoms with E-state index in [0.717, 1.165) is 13.1 Å². The second kappa shape index (κ2) is 5.87. The molecule has 0 aliphatic rings. The molecule has 1 aromatic heterocycles. The van der Waals surface area contributed by atoms with Crippen molar-refractivity contribution in [3.63, 3.8) is 0 Å². The van der Waals surface area contributed by atoms with E-state index in [1.54, 1.807) is 0 Å². The average Bonchev–Trinajstić information content (AvgIpc) is 2.68. The van der Waals surface area contributed by atoms with Crippen LogP contribution in [0.5, 0.6) is 0 Å². The summed E-state index contributed by atoms with van der Waals surface area (Å²) in [5.41, 5.74) is 1.22. The highest BCUT2D eigenvalue weighted by atomic mass is 16.4. The summed E-state index contributed by atoms with van der Waals surface area (Å²) in [6.07, 6.45) is 2.14. The molecule has 0 saturated carbocycles. The van der Waals surface area contributed by atoms with Gasteiger partial charge in [0.15, 0.2) is 0 Å². The molecule has 1 atom stereocenters. The lowest BCUT2D eigenvalue weighted by molar-refractivity contribution is -0.137. The molecule has 0 amide bonds. The number of aliphatic carboxylic acids is 1. The maximum absolute atomic E-state index is 10.5. The van der Waals surface area contributed by atoms with Gasteiger partial charge in [-0.2, -0.15) is 0 Å². The summed E-state index contributed by atoms with van der Waals surface area (Å²) >= 11 is 0. The Morgan fingerprint density at radius 1 is 1.59 bits per heavy atom. The third kappa shape index (κ3) is 4.61. The first kappa shape index (κ1) is 13.8. The fourth-order valence-corrected chi connectivity index (χ4v) is 1.85. The summed E-state index contributed by atoms with van der Waals surface area (Å²) in [5.74, 6) is -0.574. The van der Waals surface area contributed by atoms with Crippen LogP contribution in [0.25, 0.3) is 0 Å². The van der Waals surface area contributed by atoms with Crippen molar-refractivity contribution in [1.82, 2.24) is 10.3 Å². The van der Waals surface area contributed by atoms with Crippen molar-refractivity contribution < 1.29 is 9.90 Å². The molecule has 0 aliphatic carbocycles. The zero-order valence-corrected chi connectivity index (χ0v) is 10.8. The van der Waals surface area contributed by atoms with E-state index in [1.807, 2.05) is 19.2 Å². The quantitative estimate of drug-likeness (QED) is 0.680. The maximum atomic E-state index is 10.5. The number of nitrogens with one attached hydrogen (secondary N) is 2. The number of carbonyl (C=O) groups is 1. The second-order valence-corrected chi connectivity index (χ2v) is 5.30. The highest BCUT2D eigenvalue weighted by Gasteiger charge is 2.21. The molecule has 1 heterocycles. The Balaban J connectivity index is 2.33. The highest BCUT2D eigenvalue weighted by Crippen LogP contribution is 2.20. The fraction of sp³-hybridized carbons (Fsp3) is 0.615. The summed E-state index contributed by atoms with van der Waals surface area (Å²) in [6, 6.07) is 4.06. The third-order valence-electron chi connectivity index (χ3n) is 2.91. The van der Waals surface area contributed by atoms with E-state index in [4.69, 9.17) is 5.11 Å². The van der Waals surface area contributed by atoms with Crippen LogP contribution in [0, 0.1) is 5.92 Å². The number of rotatable bonds is 7. The van der Waals surface area contributed by atoms with Crippen molar-refractivity contribution >= 4 is 5.97 Å². The Hall–Kier alpha value is -1.29. The molecule has 0 aliphatic heterocycles. The van der Waals surface area contributed by atoms with E-state index in [1.165, 1.54) is 5.69 Å². The largest absolute Gasteiger partial charge is 0.481 e. The predicted molar refractivity (Wildman–Crippen MR) is 68.1 cm³/mol. The standard InChI is InChI=1S/C13H22N2O2/c1-10(7-12(16)17)8-14-9-13(2,3)11-5-4-6-15-11/h4-6,10,14-15H,7-9H2,1-3H3,(H,16,17). The SMILES string of the molecule is CC(CNCC(C)(C)c1ccc[nH]1)CC(=O)O. The van der Waals surface area contributed by atoms with Crippen LogP contribution in [-0.4, -0.2) is 29.1 Å². The number of carboxylic acids is 1. The Kier molecular flexibility index (Phi) is 4.75. The fourth-order valence-electron chi connectivity index (χ4n) is 1.85. The van der Waals surface area contributed by atoms with Gasteiger partial charge in [0, 0.05) is 30.3 Å². The minimum absolute atomic E-state index is 0.0342. The van der Waals surface area contributed by atoms with Crippen molar-refractivity contribution in [1.29, 1.82) is 0 Å². The van der Waals surface area contributed by atoms with E-state index >= 15 is 0 Å². The highest BCUT2D eigenvalue weighted by molar-refractivity contribution is 5.66. The minimum Gasteiger partial charge on any atom is -0.481 e. The molecular weight excluding hydrogens is 216 g/mol.